The third kappa shape index (κ3) is 5.78. The SMILES string of the molecule is NCCCCC(=O)OC1CCCCCC1. The van der Waals surface area contributed by atoms with Gasteiger partial charge in [0.15, 0.2) is 0 Å². The minimum absolute atomic E-state index is 0.0321. The summed E-state index contributed by atoms with van der Waals surface area (Å²) in [6.07, 6.45) is 9.63. The van der Waals surface area contributed by atoms with Crippen LogP contribution < -0.4 is 5.73 Å². The number of ether oxygens (including phenoxy) is 1. The molecule has 88 valence electrons. The van der Waals surface area contributed by atoms with Crippen LogP contribution in [0.4, 0.5) is 0 Å². The summed E-state index contributed by atoms with van der Waals surface area (Å²) in [4.78, 5) is 11.4. The zero-order valence-corrected chi connectivity index (χ0v) is 9.54. The standard InChI is InChI=1S/C12H23NO2/c13-10-6-5-9-12(14)15-11-7-3-1-2-4-8-11/h11H,1-10,13H2. The van der Waals surface area contributed by atoms with Crippen LogP contribution in [0.3, 0.4) is 0 Å². The van der Waals surface area contributed by atoms with Gasteiger partial charge in [0.05, 0.1) is 0 Å². The molecule has 0 radical (unpaired) electrons. The molecule has 1 aliphatic carbocycles. The Hall–Kier alpha value is -0.570. The highest BCUT2D eigenvalue weighted by molar-refractivity contribution is 5.69. The zero-order valence-electron chi connectivity index (χ0n) is 9.54. The molecule has 0 aromatic rings. The zero-order chi connectivity index (χ0) is 10.9. The molecule has 0 aromatic carbocycles. The van der Waals surface area contributed by atoms with Crippen LogP contribution in [0, 0.1) is 0 Å². The van der Waals surface area contributed by atoms with E-state index in [-0.39, 0.29) is 12.1 Å². The Labute approximate surface area is 92.4 Å². The summed E-state index contributed by atoms with van der Waals surface area (Å²) in [6, 6.07) is 0. The molecule has 0 unspecified atom stereocenters. The molecule has 0 heterocycles. The van der Waals surface area contributed by atoms with E-state index in [1.165, 1.54) is 25.7 Å². The van der Waals surface area contributed by atoms with Gasteiger partial charge in [0.2, 0.25) is 0 Å². The molecular weight excluding hydrogens is 190 g/mol. The van der Waals surface area contributed by atoms with E-state index in [0.29, 0.717) is 13.0 Å². The summed E-state index contributed by atoms with van der Waals surface area (Å²) in [5.41, 5.74) is 5.37. The average molecular weight is 213 g/mol. The van der Waals surface area contributed by atoms with Gasteiger partial charge in [-0.05, 0) is 45.1 Å². The van der Waals surface area contributed by atoms with Crippen LogP contribution in [0.2, 0.25) is 0 Å². The fraction of sp³-hybridized carbons (Fsp3) is 0.917. The van der Waals surface area contributed by atoms with Gasteiger partial charge >= 0.3 is 5.97 Å². The number of rotatable bonds is 5. The monoisotopic (exact) mass is 213 g/mol. The first-order valence-corrected chi connectivity index (χ1v) is 6.22. The molecule has 0 spiro atoms. The predicted octanol–water partition coefficient (Wildman–Crippen LogP) is 2.38. The highest BCUT2D eigenvalue weighted by atomic mass is 16.5. The molecular formula is C12H23NO2. The van der Waals surface area contributed by atoms with Gasteiger partial charge in [-0.1, -0.05) is 12.8 Å². The first-order chi connectivity index (χ1) is 7.33. The Bertz CT molecular complexity index is 174. The topological polar surface area (TPSA) is 52.3 Å². The van der Waals surface area contributed by atoms with Gasteiger partial charge in [0.25, 0.3) is 0 Å². The molecule has 0 amide bonds. The van der Waals surface area contributed by atoms with E-state index in [1.54, 1.807) is 0 Å². The van der Waals surface area contributed by atoms with E-state index in [4.69, 9.17) is 10.5 Å². The fourth-order valence-electron chi connectivity index (χ4n) is 2.02. The normalized spacial score (nSPS) is 18.5. The first kappa shape index (κ1) is 12.5. The van der Waals surface area contributed by atoms with Gasteiger partial charge in [0.1, 0.15) is 6.10 Å². The van der Waals surface area contributed by atoms with Gasteiger partial charge in [-0.15, -0.1) is 0 Å². The van der Waals surface area contributed by atoms with E-state index in [1.807, 2.05) is 0 Å². The van der Waals surface area contributed by atoms with Crippen LogP contribution in [-0.4, -0.2) is 18.6 Å². The summed E-state index contributed by atoms with van der Waals surface area (Å²) < 4.78 is 5.44. The molecule has 3 nitrogen and oxygen atoms in total. The predicted molar refractivity (Wildman–Crippen MR) is 60.5 cm³/mol. The molecule has 0 aliphatic heterocycles. The van der Waals surface area contributed by atoms with Crippen molar-refractivity contribution >= 4 is 5.97 Å². The third-order valence-electron chi connectivity index (χ3n) is 2.94. The molecule has 1 rings (SSSR count). The van der Waals surface area contributed by atoms with Gasteiger partial charge in [-0.25, -0.2) is 0 Å². The maximum atomic E-state index is 11.4. The number of hydrogen-bond donors (Lipinski definition) is 1. The fourth-order valence-corrected chi connectivity index (χ4v) is 2.02. The summed E-state index contributed by atoms with van der Waals surface area (Å²) in [7, 11) is 0. The van der Waals surface area contributed by atoms with E-state index >= 15 is 0 Å². The van der Waals surface area contributed by atoms with Crippen LogP contribution >= 0.6 is 0 Å². The lowest BCUT2D eigenvalue weighted by Crippen LogP contribution is -2.17. The molecule has 1 saturated carbocycles. The Morgan fingerprint density at radius 3 is 2.40 bits per heavy atom. The summed E-state index contributed by atoms with van der Waals surface area (Å²) >= 11 is 0. The second-order valence-corrected chi connectivity index (χ2v) is 4.35. The van der Waals surface area contributed by atoms with E-state index in [2.05, 4.69) is 0 Å². The maximum Gasteiger partial charge on any atom is 0.306 e. The third-order valence-corrected chi connectivity index (χ3v) is 2.94. The van der Waals surface area contributed by atoms with Crippen molar-refractivity contribution in [2.75, 3.05) is 6.54 Å². The Kier molecular flexibility index (Phi) is 6.41. The maximum absolute atomic E-state index is 11.4. The van der Waals surface area contributed by atoms with Crippen molar-refractivity contribution in [3.8, 4) is 0 Å². The minimum Gasteiger partial charge on any atom is -0.462 e. The van der Waals surface area contributed by atoms with Crippen LogP contribution in [0.1, 0.15) is 57.8 Å². The van der Waals surface area contributed by atoms with Crippen LogP contribution in [0.5, 0.6) is 0 Å². The van der Waals surface area contributed by atoms with Gasteiger partial charge < -0.3 is 10.5 Å². The lowest BCUT2D eigenvalue weighted by atomic mass is 10.1. The van der Waals surface area contributed by atoms with Crippen molar-refractivity contribution in [2.45, 2.75) is 63.9 Å². The second kappa shape index (κ2) is 7.69. The van der Waals surface area contributed by atoms with E-state index in [0.717, 1.165) is 25.7 Å². The smallest absolute Gasteiger partial charge is 0.306 e. The molecule has 2 N–H and O–H groups in total. The molecule has 3 heteroatoms. The van der Waals surface area contributed by atoms with E-state index < -0.39 is 0 Å². The Morgan fingerprint density at radius 2 is 1.80 bits per heavy atom. The Balaban J connectivity index is 2.12. The number of carbonyl (C=O) groups excluding carboxylic acids is 1. The van der Waals surface area contributed by atoms with Crippen LogP contribution in [0.25, 0.3) is 0 Å². The summed E-state index contributed by atoms with van der Waals surface area (Å²) in [5.74, 6) is -0.0321. The van der Waals surface area contributed by atoms with E-state index in [9.17, 15) is 4.79 Å². The molecule has 0 saturated heterocycles. The van der Waals surface area contributed by atoms with Crippen molar-refractivity contribution in [3.63, 3.8) is 0 Å². The lowest BCUT2D eigenvalue weighted by molar-refractivity contribution is -0.149. The molecule has 1 aliphatic rings. The lowest BCUT2D eigenvalue weighted by Gasteiger charge is -2.15. The summed E-state index contributed by atoms with van der Waals surface area (Å²) in [6.45, 7) is 0.663. The molecule has 0 aromatic heterocycles. The minimum atomic E-state index is -0.0321. The van der Waals surface area contributed by atoms with Crippen molar-refractivity contribution in [1.29, 1.82) is 0 Å². The quantitative estimate of drug-likeness (QED) is 0.433. The number of hydrogen-bond acceptors (Lipinski definition) is 3. The molecule has 1 fully saturated rings. The van der Waals surface area contributed by atoms with Gasteiger partial charge in [-0.2, -0.15) is 0 Å². The first-order valence-electron chi connectivity index (χ1n) is 6.22. The number of carbonyl (C=O) groups is 1. The van der Waals surface area contributed by atoms with Crippen molar-refractivity contribution in [1.82, 2.24) is 0 Å². The van der Waals surface area contributed by atoms with Crippen LogP contribution in [-0.2, 0) is 9.53 Å². The summed E-state index contributed by atoms with van der Waals surface area (Å²) in [5, 5.41) is 0. The largest absolute Gasteiger partial charge is 0.462 e. The highest BCUT2D eigenvalue weighted by Gasteiger charge is 2.15. The molecule has 0 atom stereocenters. The Morgan fingerprint density at radius 1 is 1.13 bits per heavy atom. The van der Waals surface area contributed by atoms with Crippen molar-refractivity contribution in [3.05, 3.63) is 0 Å². The second-order valence-electron chi connectivity index (χ2n) is 4.35. The van der Waals surface area contributed by atoms with Crippen molar-refractivity contribution in [2.24, 2.45) is 5.73 Å². The molecule has 15 heavy (non-hydrogen) atoms. The van der Waals surface area contributed by atoms with Crippen LogP contribution in [0.15, 0.2) is 0 Å². The van der Waals surface area contributed by atoms with Gasteiger partial charge in [-0.3, -0.25) is 4.79 Å². The van der Waals surface area contributed by atoms with Crippen molar-refractivity contribution < 1.29 is 9.53 Å². The number of nitrogens with two attached hydrogens (primary N) is 1. The van der Waals surface area contributed by atoms with Gasteiger partial charge in [0, 0.05) is 6.42 Å². The number of esters is 1. The highest BCUT2D eigenvalue weighted by Crippen LogP contribution is 2.20. The average Bonchev–Trinajstić information content (AvgIpc) is 2.47. The number of unbranched alkanes of at least 4 members (excludes halogenated alkanes) is 1. The molecule has 0 bridgehead atoms.